The van der Waals surface area contributed by atoms with Gasteiger partial charge in [-0.2, -0.15) is 0 Å². The third kappa shape index (κ3) is 2.36. The number of nitrogens with zero attached hydrogens (tertiary/aromatic N) is 1. The second-order valence-corrected chi connectivity index (χ2v) is 6.13. The highest BCUT2D eigenvalue weighted by Gasteiger charge is 2.37. The molecule has 4 rings (SSSR count). The minimum Gasteiger partial charge on any atom is -0.368 e. The van der Waals surface area contributed by atoms with Crippen molar-refractivity contribution in [2.45, 2.75) is 38.4 Å². The molecule has 2 aromatic rings. The van der Waals surface area contributed by atoms with Crippen LogP contribution in [-0.2, 0) is 11.2 Å². The Kier molecular flexibility index (Phi) is 3.27. The molecule has 0 aliphatic carbocycles. The second-order valence-electron chi connectivity index (χ2n) is 6.13. The Balaban J connectivity index is 1.97. The van der Waals surface area contributed by atoms with E-state index in [1.807, 2.05) is 0 Å². The molecule has 1 fully saturated rings. The molecule has 5 heteroatoms. The molecule has 2 atom stereocenters. The Labute approximate surface area is 132 Å². The maximum absolute atomic E-state index is 14.3. The topological polar surface area (TPSA) is 39.2 Å². The average molecular weight is 315 g/mol. The number of hydrogen-bond acceptors (Lipinski definition) is 3. The van der Waals surface area contributed by atoms with E-state index in [1.54, 1.807) is 6.07 Å². The van der Waals surface area contributed by atoms with Gasteiger partial charge >= 0.3 is 0 Å². The Morgan fingerprint density at radius 1 is 1.22 bits per heavy atom. The van der Waals surface area contributed by atoms with Crippen LogP contribution in [-0.4, -0.2) is 16.9 Å². The Bertz CT molecular complexity index is 819. The molecule has 3 heterocycles. The van der Waals surface area contributed by atoms with Gasteiger partial charge < -0.3 is 4.74 Å². The van der Waals surface area contributed by atoms with Crippen molar-refractivity contribution < 1.29 is 18.3 Å². The molecule has 0 spiro atoms. The van der Waals surface area contributed by atoms with Gasteiger partial charge in [-0.25, -0.2) is 13.8 Å². The van der Waals surface area contributed by atoms with Gasteiger partial charge in [0, 0.05) is 25.0 Å². The number of aromatic nitrogens is 1. The second kappa shape index (κ2) is 5.20. The zero-order valence-corrected chi connectivity index (χ0v) is 12.6. The standard InChI is InChI=1S/C18H15F2NO2/c1-9(22)16-8-13(12-4-2-10(19)6-15(12)20)14-7-11-3-5-17(23-11)18(14)21-16/h2,4,6,8,11,17H,3,5,7H2,1H3/t11-,17+/m1/s1. The number of carbonyl (C=O) groups excluding carboxylic acids is 1. The first-order valence-corrected chi connectivity index (χ1v) is 7.68. The number of rotatable bonds is 2. The van der Waals surface area contributed by atoms with Gasteiger partial charge in [-0.15, -0.1) is 0 Å². The molecule has 118 valence electrons. The minimum absolute atomic E-state index is 0.111. The summed E-state index contributed by atoms with van der Waals surface area (Å²) < 4.78 is 33.4. The van der Waals surface area contributed by atoms with Crippen molar-refractivity contribution >= 4 is 5.78 Å². The predicted octanol–water partition coefficient (Wildman–Crippen LogP) is 4.01. The first-order valence-electron chi connectivity index (χ1n) is 7.68. The van der Waals surface area contributed by atoms with Gasteiger partial charge in [0.05, 0.1) is 11.8 Å². The summed E-state index contributed by atoms with van der Waals surface area (Å²) in [6.45, 7) is 1.43. The first-order chi connectivity index (χ1) is 11.0. The van der Waals surface area contributed by atoms with E-state index >= 15 is 0 Å². The van der Waals surface area contributed by atoms with E-state index in [-0.39, 0.29) is 23.7 Å². The highest BCUT2D eigenvalue weighted by molar-refractivity contribution is 5.94. The summed E-state index contributed by atoms with van der Waals surface area (Å²) in [4.78, 5) is 16.3. The fourth-order valence-corrected chi connectivity index (χ4v) is 3.49. The lowest BCUT2D eigenvalue weighted by Crippen LogP contribution is -2.21. The van der Waals surface area contributed by atoms with Gasteiger partial charge in [-0.1, -0.05) is 0 Å². The van der Waals surface area contributed by atoms with Crippen LogP contribution < -0.4 is 0 Å². The molecular formula is C18H15F2NO2. The molecule has 0 saturated carbocycles. The fraction of sp³-hybridized carbons (Fsp3) is 0.333. The Hall–Kier alpha value is -2.14. The number of ketones is 1. The van der Waals surface area contributed by atoms with Gasteiger partial charge in [0.15, 0.2) is 5.78 Å². The van der Waals surface area contributed by atoms with Crippen LogP contribution in [0.15, 0.2) is 24.3 Å². The van der Waals surface area contributed by atoms with Crippen molar-refractivity contribution in [3.8, 4) is 11.1 Å². The number of ether oxygens (including phenoxy) is 1. The SMILES string of the molecule is CC(=O)c1cc(-c2ccc(F)cc2F)c2c(n1)[C@@H]1CC[C@H](C2)O1. The fourth-order valence-electron chi connectivity index (χ4n) is 3.49. The van der Waals surface area contributed by atoms with Crippen LogP contribution >= 0.6 is 0 Å². The van der Waals surface area contributed by atoms with Crippen molar-refractivity contribution in [3.63, 3.8) is 0 Å². The van der Waals surface area contributed by atoms with Crippen LogP contribution in [0, 0.1) is 11.6 Å². The molecule has 0 radical (unpaired) electrons. The number of fused-ring (bicyclic) bond motifs is 4. The average Bonchev–Trinajstić information content (AvgIpc) is 2.89. The lowest BCUT2D eigenvalue weighted by molar-refractivity contribution is 0.0295. The lowest BCUT2D eigenvalue weighted by Gasteiger charge is -2.26. The summed E-state index contributed by atoms with van der Waals surface area (Å²) in [6.07, 6.45) is 2.41. The monoisotopic (exact) mass is 315 g/mol. The Morgan fingerprint density at radius 3 is 2.78 bits per heavy atom. The van der Waals surface area contributed by atoms with Gasteiger partial charge in [-0.3, -0.25) is 4.79 Å². The largest absolute Gasteiger partial charge is 0.368 e. The summed E-state index contributed by atoms with van der Waals surface area (Å²) in [5.41, 5.74) is 2.85. The number of pyridine rings is 1. The molecule has 2 aliphatic heterocycles. The quantitative estimate of drug-likeness (QED) is 0.786. The van der Waals surface area contributed by atoms with Gasteiger partial charge in [0.1, 0.15) is 23.4 Å². The van der Waals surface area contributed by atoms with E-state index in [4.69, 9.17) is 4.74 Å². The molecule has 0 unspecified atom stereocenters. The van der Waals surface area contributed by atoms with E-state index < -0.39 is 11.6 Å². The van der Waals surface area contributed by atoms with E-state index in [0.29, 0.717) is 17.5 Å². The Morgan fingerprint density at radius 2 is 2.04 bits per heavy atom. The van der Waals surface area contributed by atoms with Gasteiger partial charge in [0.2, 0.25) is 0 Å². The molecule has 1 aromatic heterocycles. The number of halogens is 2. The lowest BCUT2D eigenvalue weighted by atomic mass is 9.92. The molecule has 2 aliphatic rings. The third-order valence-corrected chi connectivity index (χ3v) is 4.58. The normalized spacial score (nSPS) is 22.0. The van der Waals surface area contributed by atoms with Gasteiger partial charge in [0.25, 0.3) is 0 Å². The van der Waals surface area contributed by atoms with Crippen molar-refractivity contribution in [1.29, 1.82) is 0 Å². The summed E-state index contributed by atoms with van der Waals surface area (Å²) in [6, 6.07) is 5.12. The first kappa shape index (κ1) is 14.5. The minimum atomic E-state index is -0.633. The van der Waals surface area contributed by atoms with Crippen molar-refractivity contribution in [3.05, 3.63) is 52.9 Å². The molecule has 1 aromatic carbocycles. The maximum Gasteiger partial charge on any atom is 0.178 e. The molecule has 0 N–H and O–H groups in total. The van der Waals surface area contributed by atoms with E-state index in [1.165, 1.54) is 19.1 Å². The van der Waals surface area contributed by atoms with Crippen molar-refractivity contribution in [2.75, 3.05) is 0 Å². The number of Topliss-reactive ketones (excluding diaryl/α,β-unsaturated/α-hetero) is 1. The van der Waals surface area contributed by atoms with Crippen LogP contribution in [0.2, 0.25) is 0 Å². The van der Waals surface area contributed by atoms with Crippen LogP contribution in [0.25, 0.3) is 11.1 Å². The molecule has 3 nitrogen and oxygen atoms in total. The van der Waals surface area contributed by atoms with E-state index in [9.17, 15) is 13.6 Å². The maximum atomic E-state index is 14.3. The van der Waals surface area contributed by atoms with Gasteiger partial charge in [-0.05, 0) is 42.2 Å². The van der Waals surface area contributed by atoms with Crippen molar-refractivity contribution in [1.82, 2.24) is 4.98 Å². The summed E-state index contributed by atoms with van der Waals surface area (Å²) in [5, 5.41) is 0. The smallest absolute Gasteiger partial charge is 0.178 e. The number of hydrogen-bond donors (Lipinski definition) is 0. The highest BCUT2D eigenvalue weighted by atomic mass is 19.1. The molecule has 2 bridgehead atoms. The number of benzene rings is 1. The summed E-state index contributed by atoms with van der Waals surface area (Å²) in [5.74, 6) is -1.44. The molecule has 0 amide bonds. The summed E-state index contributed by atoms with van der Waals surface area (Å²) >= 11 is 0. The molecular weight excluding hydrogens is 300 g/mol. The van der Waals surface area contributed by atoms with E-state index in [0.717, 1.165) is 30.2 Å². The van der Waals surface area contributed by atoms with Crippen LogP contribution in [0.4, 0.5) is 8.78 Å². The molecule has 23 heavy (non-hydrogen) atoms. The van der Waals surface area contributed by atoms with Crippen LogP contribution in [0.5, 0.6) is 0 Å². The predicted molar refractivity (Wildman–Crippen MR) is 80.1 cm³/mol. The zero-order chi connectivity index (χ0) is 16.1. The molecule has 1 saturated heterocycles. The van der Waals surface area contributed by atoms with Crippen LogP contribution in [0.1, 0.15) is 47.6 Å². The third-order valence-electron chi connectivity index (χ3n) is 4.58. The zero-order valence-electron chi connectivity index (χ0n) is 12.6. The van der Waals surface area contributed by atoms with E-state index in [2.05, 4.69) is 4.98 Å². The summed E-state index contributed by atoms with van der Waals surface area (Å²) in [7, 11) is 0. The number of carbonyl (C=O) groups is 1. The van der Waals surface area contributed by atoms with Crippen molar-refractivity contribution in [2.24, 2.45) is 0 Å². The van der Waals surface area contributed by atoms with Crippen LogP contribution in [0.3, 0.4) is 0 Å². The highest BCUT2D eigenvalue weighted by Crippen LogP contribution is 2.44.